The zero-order valence-corrected chi connectivity index (χ0v) is 16.7. The van der Waals surface area contributed by atoms with Gasteiger partial charge in [-0.3, -0.25) is 4.79 Å². The topological polar surface area (TPSA) is 55.6 Å². The normalized spacial score (nSPS) is 16.5. The number of hydrogen-bond acceptors (Lipinski definition) is 4. The van der Waals surface area contributed by atoms with E-state index in [2.05, 4.69) is 53.4 Å². The van der Waals surface area contributed by atoms with Crippen LogP contribution in [-0.2, 0) is 4.79 Å². The number of carbonyl (C=O) groups is 1. The molecule has 0 unspecified atom stereocenters. The molecule has 1 aliphatic carbocycles. The van der Waals surface area contributed by atoms with Crippen LogP contribution in [0, 0.1) is 13.8 Å². The van der Waals surface area contributed by atoms with Crippen LogP contribution in [0.2, 0.25) is 0 Å². The quantitative estimate of drug-likeness (QED) is 0.702. The van der Waals surface area contributed by atoms with Crippen molar-refractivity contribution in [1.29, 1.82) is 0 Å². The lowest BCUT2D eigenvalue weighted by atomic mass is 10.1. The second-order valence-electron chi connectivity index (χ2n) is 7.40. The Morgan fingerprint density at radius 1 is 1.18 bits per heavy atom. The largest absolute Gasteiger partial charge is 0.482 e. The molecule has 1 aliphatic heterocycles. The van der Waals surface area contributed by atoms with E-state index < -0.39 is 0 Å². The number of benzene rings is 2. The lowest BCUT2D eigenvalue weighted by Crippen LogP contribution is -2.25. The van der Waals surface area contributed by atoms with Gasteiger partial charge in [0.2, 0.25) is 0 Å². The third-order valence-electron chi connectivity index (χ3n) is 5.21. The molecule has 6 heteroatoms. The van der Waals surface area contributed by atoms with Gasteiger partial charge in [0.05, 0.1) is 17.1 Å². The third kappa shape index (κ3) is 3.03. The van der Waals surface area contributed by atoms with Crippen molar-refractivity contribution in [2.45, 2.75) is 32.7 Å². The maximum Gasteiger partial charge on any atom is 0.262 e. The van der Waals surface area contributed by atoms with Gasteiger partial charge in [0, 0.05) is 17.0 Å². The van der Waals surface area contributed by atoms with E-state index in [1.807, 2.05) is 12.1 Å². The van der Waals surface area contributed by atoms with Crippen LogP contribution in [0.5, 0.6) is 5.75 Å². The van der Waals surface area contributed by atoms with Gasteiger partial charge in [-0.25, -0.2) is 4.99 Å². The first-order valence-electron chi connectivity index (χ1n) is 9.48. The van der Waals surface area contributed by atoms with Crippen LogP contribution in [0.4, 0.5) is 11.4 Å². The van der Waals surface area contributed by atoms with Gasteiger partial charge in [-0.15, -0.1) is 11.3 Å². The Morgan fingerprint density at radius 2 is 1.96 bits per heavy atom. The average Bonchev–Trinajstić information content (AvgIpc) is 3.44. The molecule has 0 bridgehead atoms. The smallest absolute Gasteiger partial charge is 0.262 e. The Balaban J connectivity index is 1.64. The first-order valence-corrected chi connectivity index (χ1v) is 10.4. The standard InChI is InChI=1S/C22H21N3O2S/c1-13-4-3-5-14(2)21(13)24-22-25(16-7-8-16)18(12-28-22)15-6-9-19-17(10-15)23-20(26)11-27-19/h3-6,9-10,12,16H,7-8,11H2,1-2H3,(H,23,26). The monoisotopic (exact) mass is 391 g/mol. The molecule has 1 amide bonds. The summed E-state index contributed by atoms with van der Waals surface area (Å²) >= 11 is 1.67. The molecule has 1 fully saturated rings. The van der Waals surface area contributed by atoms with Crippen LogP contribution < -0.4 is 14.9 Å². The molecule has 3 aromatic rings. The van der Waals surface area contributed by atoms with E-state index in [1.165, 1.54) is 24.0 Å². The van der Waals surface area contributed by atoms with Crippen molar-refractivity contribution in [2.24, 2.45) is 4.99 Å². The Labute approximate surface area is 167 Å². The zero-order valence-electron chi connectivity index (χ0n) is 15.9. The Kier molecular flexibility index (Phi) is 4.09. The van der Waals surface area contributed by atoms with Gasteiger partial charge in [0.25, 0.3) is 5.91 Å². The molecule has 2 aliphatic rings. The number of thiazole rings is 1. The molecule has 0 saturated heterocycles. The molecule has 0 radical (unpaired) electrons. The summed E-state index contributed by atoms with van der Waals surface area (Å²) < 4.78 is 7.84. The summed E-state index contributed by atoms with van der Waals surface area (Å²) in [7, 11) is 0. The maximum absolute atomic E-state index is 11.7. The third-order valence-corrected chi connectivity index (χ3v) is 6.05. The van der Waals surface area contributed by atoms with E-state index in [4.69, 9.17) is 9.73 Å². The Morgan fingerprint density at radius 3 is 2.71 bits per heavy atom. The van der Waals surface area contributed by atoms with E-state index in [1.54, 1.807) is 11.3 Å². The minimum atomic E-state index is -0.115. The molecular formula is C22H21N3O2S. The Bertz CT molecular complexity index is 1130. The SMILES string of the molecule is Cc1cccc(C)c1N=c1scc(-c2ccc3c(c2)NC(=O)CO3)n1C1CC1. The molecule has 1 saturated carbocycles. The molecule has 142 valence electrons. The number of nitrogens with one attached hydrogen (secondary N) is 1. The molecule has 0 atom stereocenters. The summed E-state index contributed by atoms with van der Waals surface area (Å²) in [6.07, 6.45) is 2.35. The summed E-state index contributed by atoms with van der Waals surface area (Å²) in [5.74, 6) is 0.604. The predicted octanol–water partition coefficient (Wildman–Crippen LogP) is 4.73. The van der Waals surface area contributed by atoms with Crippen molar-refractivity contribution in [2.75, 3.05) is 11.9 Å². The Hall–Kier alpha value is -2.86. The van der Waals surface area contributed by atoms with Crippen LogP contribution in [-0.4, -0.2) is 17.1 Å². The number of aromatic nitrogens is 1. The van der Waals surface area contributed by atoms with E-state index >= 15 is 0 Å². The summed E-state index contributed by atoms with van der Waals surface area (Å²) in [4.78, 5) is 17.7. The van der Waals surface area contributed by atoms with Gasteiger partial charge in [0.15, 0.2) is 11.4 Å². The molecule has 28 heavy (non-hydrogen) atoms. The fourth-order valence-corrected chi connectivity index (χ4v) is 4.59. The second-order valence-corrected chi connectivity index (χ2v) is 8.24. The lowest BCUT2D eigenvalue weighted by Gasteiger charge is -2.19. The minimum Gasteiger partial charge on any atom is -0.482 e. The van der Waals surface area contributed by atoms with Gasteiger partial charge in [-0.1, -0.05) is 18.2 Å². The van der Waals surface area contributed by atoms with Crippen molar-refractivity contribution in [3.63, 3.8) is 0 Å². The van der Waals surface area contributed by atoms with E-state index in [0.717, 1.165) is 33.2 Å². The highest BCUT2D eigenvalue weighted by molar-refractivity contribution is 7.07. The van der Waals surface area contributed by atoms with Crippen molar-refractivity contribution in [1.82, 2.24) is 4.57 Å². The first-order chi connectivity index (χ1) is 13.6. The van der Waals surface area contributed by atoms with Gasteiger partial charge in [0.1, 0.15) is 5.75 Å². The summed E-state index contributed by atoms with van der Waals surface area (Å²) in [5, 5.41) is 5.07. The van der Waals surface area contributed by atoms with Crippen LogP contribution in [0.1, 0.15) is 30.0 Å². The number of nitrogens with zero attached hydrogens (tertiary/aromatic N) is 2. The van der Waals surface area contributed by atoms with E-state index in [-0.39, 0.29) is 12.5 Å². The predicted molar refractivity (Wildman–Crippen MR) is 111 cm³/mol. The number of para-hydroxylation sites is 1. The molecule has 1 aromatic heterocycles. The highest BCUT2D eigenvalue weighted by Crippen LogP contribution is 2.40. The van der Waals surface area contributed by atoms with Crippen LogP contribution in [0.25, 0.3) is 11.3 Å². The number of anilines is 1. The van der Waals surface area contributed by atoms with Gasteiger partial charge in [-0.2, -0.15) is 0 Å². The molecular weight excluding hydrogens is 370 g/mol. The number of fused-ring (bicyclic) bond motifs is 1. The number of rotatable bonds is 3. The summed E-state index contributed by atoms with van der Waals surface area (Å²) in [6.45, 7) is 4.29. The van der Waals surface area contributed by atoms with Crippen LogP contribution >= 0.6 is 11.3 Å². The van der Waals surface area contributed by atoms with Crippen molar-refractivity contribution < 1.29 is 9.53 Å². The minimum absolute atomic E-state index is 0.0751. The summed E-state index contributed by atoms with van der Waals surface area (Å²) in [6, 6.07) is 12.8. The first kappa shape index (κ1) is 17.3. The molecule has 1 N–H and O–H groups in total. The van der Waals surface area contributed by atoms with Crippen molar-refractivity contribution >= 4 is 28.6 Å². The van der Waals surface area contributed by atoms with Crippen molar-refractivity contribution in [3.8, 4) is 17.0 Å². The molecule has 2 aromatic carbocycles. The number of carbonyl (C=O) groups excluding carboxylic acids is 1. The fourth-order valence-electron chi connectivity index (χ4n) is 3.62. The number of hydrogen-bond donors (Lipinski definition) is 1. The number of ether oxygens (including phenoxy) is 1. The summed E-state index contributed by atoms with van der Waals surface area (Å²) in [5.41, 5.74) is 6.36. The van der Waals surface area contributed by atoms with E-state index in [9.17, 15) is 4.79 Å². The maximum atomic E-state index is 11.7. The molecule has 0 spiro atoms. The highest BCUT2D eigenvalue weighted by Gasteiger charge is 2.28. The van der Waals surface area contributed by atoms with Gasteiger partial charge in [-0.05, 0) is 56.0 Å². The number of amides is 1. The van der Waals surface area contributed by atoms with Crippen LogP contribution in [0.3, 0.4) is 0 Å². The average molecular weight is 391 g/mol. The van der Waals surface area contributed by atoms with Crippen LogP contribution in [0.15, 0.2) is 46.8 Å². The molecule has 5 nitrogen and oxygen atoms in total. The van der Waals surface area contributed by atoms with Gasteiger partial charge >= 0.3 is 0 Å². The lowest BCUT2D eigenvalue weighted by molar-refractivity contribution is -0.118. The second kappa shape index (κ2) is 6.63. The van der Waals surface area contributed by atoms with Crippen molar-refractivity contribution in [3.05, 3.63) is 57.7 Å². The van der Waals surface area contributed by atoms with Gasteiger partial charge < -0.3 is 14.6 Å². The van der Waals surface area contributed by atoms with E-state index in [0.29, 0.717) is 6.04 Å². The highest BCUT2D eigenvalue weighted by atomic mass is 32.1. The zero-order chi connectivity index (χ0) is 19.3. The molecule has 5 rings (SSSR count). The molecule has 2 heterocycles. The number of aryl methyl sites for hydroxylation is 2. The fraction of sp³-hybridized carbons (Fsp3) is 0.273.